The van der Waals surface area contributed by atoms with Gasteiger partial charge in [-0.2, -0.15) is 17.0 Å². The zero-order chi connectivity index (χ0) is 13.2. The monoisotopic (exact) mass is 275 g/mol. The molecule has 1 atom stereocenters. The van der Waals surface area contributed by atoms with Gasteiger partial charge in [0.05, 0.1) is 0 Å². The number of nitrogens with zero attached hydrogens (tertiary/aromatic N) is 2. The van der Waals surface area contributed by atoms with E-state index in [-0.39, 0.29) is 12.1 Å². The van der Waals surface area contributed by atoms with Gasteiger partial charge < -0.3 is 5.73 Å². The summed E-state index contributed by atoms with van der Waals surface area (Å²) in [6.45, 7) is 1.05. The summed E-state index contributed by atoms with van der Waals surface area (Å²) in [5, 5.41) is 0. The average molecular weight is 275 g/mol. The molecule has 1 unspecified atom stereocenters. The topological polar surface area (TPSA) is 66.6 Å². The Balaban J connectivity index is 2.09. The molecule has 1 heterocycles. The predicted octanol–water partition coefficient (Wildman–Crippen LogP) is 0.919. The van der Waals surface area contributed by atoms with E-state index in [1.165, 1.54) is 6.42 Å². The summed E-state index contributed by atoms with van der Waals surface area (Å²) < 4.78 is 28.4. The smallest absolute Gasteiger partial charge is 0.282 e. The highest BCUT2D eigenvalue weighted by Crippen LogP contribution is 2.28. The first-order valence-electron chi connectivity index (χ1n) is 7.02. The van der Waals surface area contributed by atoms with Gasteiger partial charge in [-0.3, -0.25) is 0 Å². The van der Waals surface area contributed by atoms with Gasteiger partial charge in [-0.25, -0.2) is 0 Å². The van der Waals surface area contributed by atoms with E-state index in [4.69, 9.17) is 5.73 Å². The molecular formula is C12H25N3O2S. The van der Waals surface area contributed by atoms with Crippen LogP contribution < -0.4 is 5.73 Å². The third-order valence-electron chi connectivity index (χ3n) is 4.34. The molecule has 5 nitrogen and oxygen atoms in total. The van der Waals surface area contributed by atoms with Crippen molar-refractivity contribution in [2.45, 2.75) is 57.0 Å². The number of nitrogens with two attached hydrogens (primary N) is 1. The van der Waals surface area contributed by atoms with Crippen LogP contribution in [0, 0.1) is 0 Å². The first-order valence-corrected chi connectivity index (χ1v) is 8.42. The standard InChI is InChI=1S/C12H25N3O2S/c1-14(11-6-3-2-4-7-11)18(16,17)15-9-5-8-12(15)10-13/h11-12H,2-10,13H2,1H3. The molecule has 2 rings (SSSR count). The Labute approximate surface area is 110 Å². The van der Waals surface area contributed by atoms with E-state index in [1.807, 2.05) is 0 Å². The number of hydrogen-bond donors (Lipinski definition) is 1. The molecule has 0 aromatic carbocycles. The minimum atomic E-state index is -3.31. The van der Waals surface area contributed by atoms with Gasteiger partial charge in [-0.1, -0.05) is 19.3 Å². The molecule has 0 bridgehead atoms. The van der Waals surface area contributed by atoms with E-state index < -0.39 is 10.2 Å². The summed E-state index contributed by atoms with van der Waals surface area (Å²) >= 11 is 0. The lowest BCUT2D eigenvalue weighted by Gasteiger charge is -2.34. The Morgan fingerprint density at radius 2 is 1.83 bits per heavy atom. The molecule has 106 valence electrons. The number of rotatable bonds is 4. The van der Waals surface area contributed by atoms with E-state index in [2.05, 4.69) is 0 Å². The van der Waals surface area contributed by atoms with Crippen molar-refractivity contribution in [1.29, 1.82) is 0 Å². The number of hydrogen-bond acceptors (Lipinski definition) is 3. The summed E-state index contributed by atoms with van der Waals surface area (Å²) in [4.78, 5) is 0. The van der Waals surface area contributed by atoms with Crippen LogP contribution in [0.25, 0.3) is 0 Å². The molecule has 0 aromatic rings. The summed E-state index contributed by atoms with van der Waals surface area (Å²) in [6, 6.07) is 0.184. The first-order chi connectivity index (χ1) is 8.57. The van der Waals surface area contributed by atoms with Gasteiger partial charge in [0.25, 0.3) is 10.2 Å². The average Bonchev–Trinajstić information content (AvgIpc) is 2.88. The zero-order valence-electron chi connectivity index (χ0n) is 11.2. The Morgan fingerprint density at radius 3 is 2.44 bits per heavy atom. The second kappa shape index (κ2) is 5.86. The van der Waals surface area contributed by atoms with Crippen LogP contribution in [0.5, 0.6) is 0 Å². The van der Waals surface area contributed by atoms with Crippen molar-refractivity contribution in [3.05, 3.63) is 0 Å². The minimum absolute atomic E-state index is 0.000963. The summed E-state index contributed by atoms with van der Waals surface area (Å²) in [7, 11) is -1.58. The Bertz CT molecular complexity index is 366. The lowest BCUT2D eigenvalue weighted by molar-refractivity contribution is 0.259. The van der Waals surface area contributed by atoms with Crippen LogP contribution in [0.1, 0.15) is 44.9 Å². The Hall–Kier alpha value is -0.170. The van der Waals surface area contributed by atoms with Crippen molar-refractivity contribution in [3.8, 4) is 0 Å². The summed E-state index contributed by atoms with van der Waals surface area (Å²) in [5.41, 5.74) is 5.67. The van der Waals surface area contributed by atoms with Gasteiger partial charge in [0, 0.05) is 32.2 Å². The van der Waals surface area contributed by atoms with Gasteiger partial charge in [-0.05, 0) is 25.7 Å². The summed E-state index contributed by atoms with van der Waals surface area (Å²) in [5.74, 6) is 0. The van der Waals surface area contributed by atoms with Crippen LogP contribution in [-0.2, 0) is 10.2 Å². The van der Waals surface area contributed by atoms with Crippen molar-refractivity contribution < 1.29 is 8.42 Å². The van der Waals surface area contributed by atoms with E-state index in [0.29, 0.717) is 13.1 Å². The second-order valence-electron chi connectivity index (χ2n) is 5.46. The van der Waals surface area contributed by atoms with Crippen LogP contribution in [0.2, 0.25) is 0 Å². The van der Waals surface area contributed by atoms with Crippen LogP contribution in [0.3, 0.4) is 0 Å². The Kier molecular flexibility index (Phi) is 4.64. The van der Waals surface area contributed by atoms with Gasteiger partial charge in [0.2, 0.25) is 0 Å². The lowest BCUT2D eigenvalue weighted by atomic mass is 9.96. The van der Waals surface area contributed by atoms with Crippen molar-refractivity contribution in [3.63, 3.8) is 0 Å². The van der Waals surface area contributed by atoms with Crippen molar-refractivity contribution in [2.24, 2.45) is 5.73 Å². The quantitative estimate of drug-likeness (QED) is 0.829. The first kappa shape index (κ1) is 14.2. The van der Waals surface area contributed by atoms with Crippen LogP contribution in [-0.4, -0.2) is 49.2 Å². The van der Waals surface area contributed by atoms with Crippen molar-refractivity contribution in [1.82, 2.24) is 8.61 Å². The molecule has 1 saturated heterocycles. The molecule has 0 radical (unpaired) electrons. The van der Waals surface area contributed by atoms with E-state index in [1.54, 1.807) is 15.7 Å². The molecule has 18 heavy (non-hydrogen) atoms. The maximum absolute atomic E-state index is 12.6. The van der Waals surface area contributed by atoms with Gasteiger partial charge in [0.15, 0.2) is 0 Å². The van der Waals surface area contributed by atoms with E-state index >= 15 is 0 Å². The normalized spacial score (nSPS) is 28.1. The molecule has 0 aromatic heterocycles. The molecule has 1 aliphatic heterocycles. The van der Waals surface area contributed by atoms with Crippen LogP contribution >= 0.6 is 0 Å². The highest BCUT2D eigenvalue weighted by molar-refractivity contribution is 7.86. The third-order valence-corrected chi connectivity index (χ3v) is 6.44. The molecule has 0 spiro atoms. The fourth-order valence-electron chi connectivity index (χ4n) is 3.15. The van der Waals surface area contributed by atoms with Crippen LogP contribution in [0.4, 0.5) is 0 Å². The summed E-state index contributed by atoms with van der Waals surface area (Å²) in [6.07, 6.45) is 7.34. The zero-order valence-corrected chi connectivity index (χ0v) is 12.0. The fourth-order valence-corrected chi connectivity index (χ4v) is 4.99. The molecule has 1 aliphatic carbocycles. The maximum Gasteiger partial charge on any atom is 0.282 e. The molecule has 2 N–H and O–H groups in total. The van der Waals surface area contributed by atoms with Gasteiger partial charge in [-0.15, -0.1) is 0 Å². The molecule has 0 amide bonds. The lowest BCUT2D eigenvalue weighted by Crippen LogP contribution is -2.50. The maximum atomic E-state index is 12.6. The van der Waals surface area contributed by atoms with Gasteiger partial charge in [0.1, 0.15) is 0 Å². The van der Waals surface area contributed by atoms with E-state index in [9.17, 15) is 8.42 Å². The van der Waals surface area contributed by atoms with E-state index in [0.717, 1.165) is 38.5 Å². The fraction of sp³-hybridized carbons (Fsp3) is 1.00. The van der Waals surface area contributed by atoms with Crippen molar-refractivity contribution >= 4 is 10.2 Å². The van der Waals surface area contributed by atoms with Crippen molar-refractivity contribution in [2.75, 3.05) is 20.1 Å². The second-order valence-corrected chi connectivity index (χ2v) is 7.40. The minimum Gasteiger partial charge on any atom is -0.329 e. The highest BCUT2D eigenvalue weighted by atomic mass is 32.2. The predicted molar refractivity (Wildman–Crippen MR) is 72.3 cm³/mol. The van der Waals surface area contributed by atoms with Gasteiger partial charge >= 0.3 is 0 Å². The molecular weight excluding hydrogens is 250 g/mol. The highest BCUT2D eigenvalue weighted by Gasteiger charge is 2.38. The molecule has 1 saturated carbocycles. The molecule has 2 aliphatic rings. The third kappa shape index (κ3) is 2.71. The Morgan fingerprint density at radius 1 is 1.17 bits per heavy atom. The largest absolute Gasteiger partial charge is 0.329 e. The molecule has 2 fully saturated rings. The van der Waals surface area contributed by atoms with Crippen LogP contribution in [0.15, 0.2) is 0 Å². The SMILES string of the molecule is CN(C1CCCCC1)S(=O)(=O)N1CCCC1CN. The molecule has 6 heteroatoms.